The summed E-state index contributed by atoms with van der Waals surface area (Å²) >= 11 is 3.35. The number of benzene rings is 1. The molecule has 0 aliphatic carbocycles. The molecule has 0 aliphatic heterocycles. The van der Waals surface area contributed by atoms with Crippen LogP contribution in [0, 0.1) is 5.92 Å². The Kier molecular flexibility index (Phi) is 6.14. The van der Waals surface area contributed by atoms with Crippen molar-refractivity contribution >= 4 is 38.8 Å². The minimum atomic E-state index is -1.20. The molecule has 0 N–H and O–H groups in total. The zero-order valence-electron chi connectivity index (χ0n) is 13.3. The van der Waals surface area contributed by atoms with Gasteiger partial charge in [-0.1, -0.05) is 15.9 Å². The SMILES string of the molecule is CCOC(=O)C(Cc1cc2cc(Br)ccc2oc1=O)C(=O)OCC. The summed E-state index contributed by atoms with van der Waals surface area (Å²) in [6.45, 7) is 3.55. The maximum atomic E-state index is 12.1. The highest BCUT2D eigenvalue weighted by molar-refractivity contribution is 9.10. The smallest absolute Gasteiger partial charge is 0.339 e. The highest BCUT2D eigenvalue weighted by Gasteiger charge is 2.31. The van der Waals surface area contributed by atoms with E-state index in [1.807, 2.05) is 0 Å². The second kappa shape index (κ2) is 8.10. The van der Waals surface area contributed by atoms with Crippen molar-refractivity contribution < 1.29 is 23.5 Å². The molecule has 1 heterocycles. The Balaban J connectivity index is 2.38. The molecule has 1 aromatic carbocycles. The van der Waals surface area contributed by atoms with E-state index in [4.69, 9.17) is 13.9 Å². The van der Waals surface area contributed by atoms with E-state index in [-0.39, 0.29) is 25.2 Å². The van der Waals surface area contributed by atoms with E-state index in [9.17, 15) is 14.4 Å². The third kappa shape index (κ3) is 4.23. The molecule has 0 bridgehead atoms. The van der Waals surface area contributed by atoms with Gasteiger partial charge >= 0.3 is 17.6 Å². The molecule has 128 valence electrons. The van der Waals surface area contributed by atoms with Crippen LogP contribution in [0.15, 0.2) is 37.9 Å². The largest absolute Gasteiger partial charge is 0.465 e. The Hall–Kier alpha value is -2.15. The van der Waals surface area contributed by atoms with Gasteiger partial charge in [0.25, 0.3) is 0 Å². The summed E-state index contributed by atoms with van der Waals surface area (Å²) in [6.07, 6.45) is -0.136. The van der Waals surface area contributed by atoms with Gasteiger partial charge in [-0.15, -0.1) is 0 Å². The first-order valence-electron chi connectivity index (χ1n) is 7.51. The number of esters is 2. The number of fused-ring (bicyclic) bond motifs is 1. The minimum absolute atomic E-state index is 0.133. The van der Waals surface area contributed by atoms with Gasteiger partial charge < -0.3 is 13.9 Å². The van der Waals surface area contributed by atoms with Gasteiger partial charge in [0, 0.05) is 21.8 Å². The summed E-state index contributed by atoms with van der Waals surface area (Å²) in [5, 5.41) is 0.686. The van der Waals surface area contributed by atoms with E-state index < -0.39 is 23.5 Å². The summed E-state index contributed by atoms with van der Waals surface area (Å²) in [7, 11) is 0. The highest BCUT2D eigenvalue weighted by atomic mass is 79.9. The van der Waals surface area contributed by atoms with Crippen LogP contribution in [0.1, 0.15) is 19.4 Å². The summed E-state index contributed by atoms with van der Waals surface area (Å²) < 4.78 is 15.9. The fourth-order valence-electron chi connectivity index (χ4n) is 2.25. The maximum Gasteiger partial charge on any atom is 0.339 e. The van der Waals surface area contributed by atoms with Gasteiger partial charge in [-0.05, 0) is 38.1 Å². The molecule has 7 heteroatoms. The van der Waals surface area contributed by atoms with Crippen molar-refractivity contribution in [2.75, 3.05) is 13.2 Å². The number of ether oxygens (including phenoxy) is 2. The van der Waals surface area contributed by atoms with Gasteiger partial charge in [0.15, 0.2) is 5.92 Å². The summed E-state index contributed by atoms with van der Waals surface area (Å²) in [4.78, 5) is 36.2. The molecule has 2 aromatic rings. The van der Waals surface area contributed by atoms with E-state index >= 15 is 0 Å². The van der Waals surface area contributed by atoms with Crippen LogP contribution < -0.4 is 5.63 Å². The molecule has 1 aromatic heterocycles. The molecular weight excluding hydrogens is 380 g/mol. The van der Waals surface area contributed by atoms with Crippen molar-refractivity contribution in [3.8, 4) is 0 Å². The van der Waals surface area contributed by atoms with Gasteiger partial charge in [-0.2, -0.15) is 0 Å². The van der Waals surface area contributed by atoms with E-state index in [0.717, 1.165) is 4.47 Å². The quantitative estimate of drug-likeness (QED) is 0.424. The Morgan fingerprint density at radius 3 is 2.33 bits per heavy atom. The Morgan fingerprint density at radius 1 is 1.12 bits per heavy atom. The first kappa shape index (κ1) is 18.2. The van der Waals surface area contributed by atoms with Crippen LogP contribution in [0.3, 0.4) is 0 Å². The minimum Gasteiger partial charge on any atom is -0.465 e. The van der Waals surface area contributed by atoms with Crippen LogP contribution in [0.4, 0.5) is 0 Å². The molecule has 0 fully saturated rings. The van der Waals surface area contributed by atoms with E-state index in [1.54, 1.807) is 38.1 Å². The molecule has 0 spiro atoms. The van der Waals surface area contributed by atoms with Gasteiger partial charge in [0.2, 0.25) is 0 Å². The number of halogens is 1. The molecule has 0 aliphatic rings. The molecule has 24 heavy (non-hydrogen) atoms. The predicted octanol–water partition coefficient (Wildman–Crippen LogP) is 2.84. The zero-order valence-corrected chi connectivity index (χ0v) is 14.9. The van der Waals surface area contributed by atoms with Crippen molar-refractivity contribution in [3.05, 3.63) is 44.7 Å². The first-order valence-corrected chi connectivity index (χ1v) is 8.31. The summed E-state index contributed by atoms with van der Waals surface area (Å²) in [6, 6.07) is 6.81. The second-order valence-corrected chi connectivity index (χ2v) is 5.92. The highest BCUT2D eigenvalue weighted by Crippen LogP contribution is 2.21. The fourth-order valence-corrected chi connectivity index (χ4v) is 2.63. The average molecular weight is 397 g/mol. The van der Waals surface area contributed by atoms with Crippen molar-refractivity contribution in [2.24, 2.45) is 5.92 Å². The Bertz CT molecular complexity index is 792. The number of carbonyl (C=O) groups is 2. The van der Waals surface area contributed by atoms with Gasteiger partial charge in [-0.3, -0.25) is 9.59 Å². The maximum absolute atomic E-state index is 12.1. The van der Waals surface area contributed by atoms with Crippen molar-refractivity contribution in [2.45, 2.75) is 20.3 Å². The van der Waals surface area contributed by atoms with E-state index in [0.29, 0.717) is 11.0 Å². The molecule has 0 unspecified atom stereocenters. The lowest BCUT2D eigenvalue weighted by molar-refractivity contribution is -0.161. The standard InChI is InChI=1S/C17H17BrO6/c1-3-22-16(20)13(17(21)23-4-2)9-11-7-10-8-12(18)5-6-14(10)24-15(11)19/h5-8,13H,3-4,9H2,1-2H3. The number of hydrogen-bond donors (Lipinski definition) is 0. The summed E-state index contributed by atoms with van der Waals surface area (Å²) in [5.74, 6) is -2.63. The third-order valence-corrected chi connectivity index (χ3v) is 3.83. The zero-order chi connectivity index (χ0) is 17.7. The molecule has 0 radical (unpaired) electrons. The van der Waals surface area contributed by atoms with Crippen LogP contribution in [0.25, 0.3) is 11.0 Å². The molecule has 0 saturated carbocycles. The molecule has 0 amide bonds. The van der Waals surface area contributed by atoms with Crippen LogP contribution >= 0.6 is 15.9 Å². The van der Waals surface area contributed by atoms with Crippen LogP contribution in [-0.2, 0) is 25.5 Å². The Morgan fingerprint density at radius 2 is 1.75 bits per heavy atom. The number of rotatable bonds is 6. The fraction of sp³-hybridized carbons (Fsp3) is 0.353. The normalized spacial score (nSPS) is 10.8. The lowest BCUT2D eigenvalue weighted by Crippen LogP contribution is -2.31. The van der Waals surface area contributed by atoms with Crippen LogP contribution in [0.2, 0.25) is 0 Å². The van der Waals surface area contributed by atoms with Crippen LogP contribution in [0.5, 0.6) is 0 Å². The van der Waals surface area contributed by atoms with E-state index in [1.165, 1.54) is 0 Å². The molecule has 2 rings (SSSR count). The summed E-state index contributed by atoms with van der Waals surface area (Å²) in [5.41, 5.74) is 0.0471. The lowest BCUT2D eigenvalue weighted by Gasteiger charge is -2.14. The van der Waals surface area contributed by atoms with Crippen molar-refractivity contribution in [1.82, 2.24) is 0 Å². The average Bonchev–Trinajstić information content (AvgIpc) is 2.53. The first-order chi connectivity index (χ1) is 11.5. The van der Waals surface area contributed by atoms with Crippen molar-refractivity contribution in [3.63, 3.8) is 0 Å². The van der Waals surface area contributed by atoms with E-state index in [2.05, 4.69) is 15.9 Å². The number of carbonyl (C=O) groups excluding carboxylic acids is 2. The van der Waals surface area contributed by atoms with Gasteiger partial charge in [0.05, 0.1) is 13.2 Å². The molecular formula is C17H17BrO6. The topological polar surface area (TPSA) is 82.8 Å². The Labute approximate surface area is 146 Å². The second-order valence-electron chi connectivity index (χ2n) is 5.00. The number of hydrogen-bond acceptors (Lipinski definition) is 6. The molecule has 0 atom stereocenters. The predicted molar refractivity (Wildman–Crippen MR) is 90.6 cm³/mol. The van der Waals surface area contributed by atoms with Crippen molar-refractivity contribution in [1.29, 1.82) is 0 Å². The molecule has 0 saturated heterocycles. The van der Waals surface area contributed by atoms with Crippen LogP contribution in [-0.4, -0.2) is 25.2 Å². The van der Waals surface area contributed by atoms with Gasteiger partial charge in [-0.25, -0.2) is 4.79 Å². The molecule has 6 nitrogen and oxygen atoms in total. The third-order valence-electron chi connectivity index (χ3n) is 3.33. The monoisotopic (exact) mass is 396 g/mol. The lowest BCUT2D eigenvalue weighted by atomic mass is 10.00. The van der Waals surface area contributed by atoms with Gasteiger partial charge in [0.1, 0.15) is 5.58 Å².